The van der Waals surface area contributed by atoms with Gasteiger partial charge in [-0.2, -0.15) is 0 Å². The van der Waals surface area contributed by atoms with Crippen LogP contribution in [0.5, 0.6) is 0 Å². The Bertz CT molecular complexity index is 835. The fraction of sp³-hybridized carbons (Fsp3) is 0.526. The third-order valence-electron chi connectivity index (χ3n) is 5.69. The molecule has 0 radical (unpaired) electrons. The highest BCUT2D eigenvalue weighted by atomic mass is 35.5. The van der Waals surface area contributed by atoms with Crippen LogP contribution >= 0.6 is 23.2 Å². The lowest BCUT2D eigenvalue weighted by Crippen LogP contribution is -2.54. The molecule has 6 nitrogen and oxygen atoms in total. The number of amides is 4. The molecule has 3 atom stereocenters. The number of nitrogens with one attached hydrogen (secondary N) is 2. The molecule has 1 aliphatic heterocycles. The van der Waals surface area contributed by atoms with Crippen molar-refractivity contribution in [1.29, 1.82) is 0 Å². The molecule has 1 heterocycles. The van der Waals surface area contributed by atoms with Crippen molar-refractivity contribution in [3.63, 3.8) is 0 Å². The number of urea groups is 1. The van der Waals surface area contributed by atoms with Gasteiger partial charge in [-0.05, 0) is 43.4 Å². The van der Waals surface area contributed by atoms with E-state index in [1.54, 1.807) is 6.92 Å². The van der Waals surface area contributed by atoms with Crippen molar-refractivity contribution in [2.75, 3.05) is 6.54 Å². The van der Waals surface area contributed by atoms with Gasteiger partial charge in [0.25, 0.3) is 5.91 Å². The second kappa shape index (κ2) is 7.87. The van der Waals surface area contributed by atoms with Gasteiger partial charge >= 0.3 is 6.03 Å². The quantitative estimate of drug-likeness (QED) is 0.563. The Morgan fingerprint density at radius 1 is 1.36 bits per heavy atom. The van der Waals surface area contributed by atoms with Gasteiger partial charge in [-0.1, -0.05) is 43.0 Å². The molecular formula is C19H22Cl2FN3O3. The summed E-state index contributed by atoms with van der Waals surface area (Å²) in [6, 6.07) is 1.23. The summed E-state index contributed by atoms with van der Waals surface area (Å²) >= 11 is 11.8. The number of carbonyl (C=O) groups is 3. The Morgan fingerprint density at radius 2 is 2.07 bits per heavy atom. The maximum atomic E-state index is 13.7. The SMILES string of the molecule is CC(NC(=O)CN1C(=O)NC2(CCCCC2C)C1=O)c1cc(F)c(Cl)cc1Cl. The van der Waals surface area contributed by atoms with Crippen molar-refractivity contribution in [2.45, 2.75) is 51.1 Å². The van der Waals surface area contributed by atoms with Crippen LogP contribution in [0.3, 0.4) is 0 Å². The molecular weight excluding hydrogens is 408 g/mol. The van der Waals surface area contributed by atoms with E-state index in [1.165, 1.54) is 6.07 Å². The van der Waals surface area contributed by atoms with Crippen LogP contribution < -0.4 is 10.6 Å². The first-order valence-corrected chi connectivity index (χ1v) is 9.99. The molecule has 4 amide bonds. The first-order valence-electron chi connectivity index (χ1n) is 9.23. The topological polar surface area (TPSA) is 78.5 Å². The lowest BCUT2D eigenvalue weighted by Gasteiger charge is -2.36. The zero-order valence-electron chi connectivity index (χ0n) is 15.7. The molecule has 3 rings (SSSR count). The largest absolute Gasteiger partial charge is 0.348 e. The molecule has 152 valence electrons. The van der Waals surface area contributed by atoms with Crippen LogP contribution in [0.2, 0.25) is 10.0 Å². The van der Waals surface area contributed by atoms with Crippen LogP contribution in [0.25, 0.3) is 0 Å². The molecule has 0 bridgehead atoms. The minimum absolute atomic E-state index is 0.0144. The molecule has 3 unspecified atom stereocenters. The number of benzene rings is 1. The van der Waals surface area contributed by atoms with E-state index in [0.717, 1.165) is 30.2 Å². The monoisotopic (exact) mass is 429 g/mol. The molecule has 0 aromatic heterocycles. The molecule has 1 aliphatic carbocycles. The predicted molar refractivity (Wildman–Crippen MR) is 104 cm³/mol. The first kappa shape index (κ1) is 20.9. The van der Waals surface area contributed by atoms with Crippen molar-refractivity contribution < 1.29 is 18.8 Å². The average molecular weight is 430 g/mol. The highest BCUT2D eigenvalue weighted by Gasteiger charge is 2.55. The third-order valence-corrected chi connectivity index (χ3v) is 6.30. The van der Waals surface area contributed by atoms with E-state index >= 15 is 0 Å². The second-order valence-corrected chi connectivity index (χ2v) is 8.33. The normalized spacial score (nSPS) is 25.8. The van der Waals surface area contributed by atoms with E-state index in [0.29, 0.717) is 12.0 Å². The van der Waals surface area contributed by atoms with Gasteiger partial charge < -0.3 is 10.6 Å². The number of hydrogen-bond donors (Lipinski definition) is 2. The minimum Gasteiger partial charge on any atom is -0.348 e. The maximum Gasteiger partial charge on any atom is 0.325 e. The lowest BCUT2D eigenvalue weighted by molar-refractivity contribution is -0.137. The summed E-state index contributed by atoms with van der Waals surface area (Å²) in [6.07, 6.45) is 3.30. The third kappa shape index (κ3) is 3.70. The molecule has 2 N–H and O–H groups in total. The standard InChI is InChI=1S/C19H22Cl2FN3O3/c1-10-5-3-4-6-19(10)17(27)25(18(28)24-19)9-16(26)23-11(2)12-7-15(22)14(21)8-13(12)20/h7-8,10-11H,3-6,9H2,1-2H3,(H,23,26)(H,24,28). The number of halogens is 3. The number of carbonyl (C=O) groups excluding carboxylic acids is 3. The Morgan fingerprint density at radius 3 is 2.75 bits per heavy atom. The number of hydrogen-bond acceptors (Lipinski definition) is 3. The van der Waals surface area contributed by atoms with Crippen molar-refractivity contribution in [2.24, 2.45) is 5.92 Å². The summed E-state index contributed by atoms with van der Waals surface area (Å²) in [6.45, 7) is 3.17. The van der Waals surface area contributed by atoms with Crippen molar-refractivity contribution >= 4 is 41.0 Å². The maximum absolute atomic E-state index is 13.7. The number of imide groups is 1. The Labute approximate surface area is 172 Å². The Balaban J connectivity index is 1.69. The van der Waals surface area contributed by atoms with E-state index in [2.05, 4.69) is 10.6 Å². The zero-order valence-corrected chi connectivity index (χ0v) is 17.2. The minimum atomic E-state index is -0.913. The van der Waals surface area contributed by atoms with Crippen LogP contribution in [-0.2, 0) is 9.59 Å². The van der Waals surface area contributed by atoms with Gasteiger partial charge in [0.2, 0.25) is 5.91 Å². The van der Waals surface area contributed by atoms with E-state index in [9.17, 15) is 18.8 Å². The number of rotatable bonds is 4. The molecule has 1 aromatic rings. The van der Waals surface area contributed by atoms with Gasteiger partial charge in [0, 0.05) is 5.02 Å². The first-order chi connectivity index (χ1) is 13.2. The molecule has 2 fully saturated rings. The van der Waals surface area contributed by atoms with Gasteiger partial charge in [-0.3, -0.25) is 14.5 Å². The number of nitrogens with zero attached hydrogens (tertiary/aromatic N) is 1. The van der Waals surface area contributed by atoms with E-state index < -0.39 is 35.9 Å². The lowest BCUT2D eigenvalue weighted by atomic mass is 9.73. The molecule has 2 aliphatic rings. The molecule has 1 saturated carbocycles. The van der Waals surface area contributed by atoms with E-state index in [-0.39, 0.29) is 21.9 Å². The Hall–Kier alpha value is -1.86. The zero-order chi connectivity index (χ0) is 20.6. The summed E-state index contributed by atoms with van der Waals surface area (Å²) in [5.74, 6) is -1.53. The smallest absolute Gasteiger partial charge is 0.325 e. The highest BCUT2D eigenvalue weighted by Crippen LogP contribution is 2.38. The molecule has 1 spiro atoms. The molecule has 28 heavy (non-hydrogen) atoms. The van der Waals surface area contributed by atoms with E-state index in [4.69, 9.17) is 23.2 Å². The van der Waals surface area contributed by atoms with Crippen molar-refractivity contribution in [3.8, 4) is 0 Å². The van der Waals surface area contributed by atoms with Crippen LogP contribution in [-0.4, -0.2) is 34.8 Å². The second-order valence-electron chi connectivity index (χ2n) is 7.52. The summed E-state index contributed by atoms with van der Waals surface area (Å²) in [7, 11) is 0. The van der Waals surface area contributed by atoms with Gasteiger partial charge in [0.1, 0.15) is 17.9 Å². The van der Waals surface area contributed by atoms with Crippen LogP contribution in [0.1, 0.15) is 51.1 Å². The van der Waals surface area contributed by atoms with E-state index in [1.807, 2.05) is 6.92 Å². The highest BCUT2D eigenvalue weighted by molar-refractivity contribution is 6.35. The predicted octanol–water partition coefficient (Wildman–Crippen LogP) is 3.81. The van der Waals surface area contributed by atoms with Crippen molar-refractivity contribution in [1.82, 2.24) is 15.5 Å². The van der Waals surface area contributed by atoms with Crippen molar-refractivity contribution in [3.05, 3.63) is 33.6 Å². The van der Waals surface area contributed by atoms with Crippen LogP contribution in [0.15, 0.2) is 12.1 Å². The van der Waals surface area contributed by atoms with Crippen LogP contribution in [0.4, 0.5) is 9.18 Å². The molecule has 1 saturated heterocycles. The van der Waals surface area contributed by atoms with Gasteiger partial charge in [0.05, 0.1) is 11.1 Å². The fourth-order valence-corrected chi connectivity index (χ4v) is 4.56. The van der Waals surface area contributed by atoms with Gasteiger partial charge in [-0.25, -0.2) is 9.18 Å². The van der Waals surface area contributed by atoms with Crippen LogP contribution in [0, 0.1) is 11.7 Å². The fourth-order valence-electron chi connectivity index (χ4n) is 4.02. The molecule has 9 heteroatoms. The summed E-state index contributed by atoms with van der Waals surface area (Å²) in [5.41, 5.74) is -0.560. The van der Waals surface area contributed by atoms with Gasteiger partial charge in [-0.15, -0.1) is 0 Å². The van der Waals surface area contributed by atoms with Gasteiger partial charge in [0.15, 0.2) is 0 Å². The summed E-state index contributed by atoms with van der Waals surface area (Å²) < 4.78 is 13.7. The summed E-state index contributed by atoms with van der Waals surface area (Å²) in [5, 5.41) is 5.55. The molecule has 1 aromatic carbocycles. The average Bonchev–Trinajstić information content (AvgIpc) is 2.85. The summed E-state index contributed by atoms with van der Waals surface area (Å²) in [4.78, 5) is 38.7. The Kier molecular flexibility index (Phi) is 5.87.